The summed E-state index contributed by atoms with van der Waals surface area (Å²) in [5.74, 6) is -0.0939. The Morgan fingerprint density at radius 2 is 1.92 bits per heavy atom. The third-order valence-electron chi connectivity index (χ3n) is 4.97. The first-order valence-corrected chi connectivity index (χ1v) is 8.61. The van der Waals surface area contributed by atoms with Crippen LogP contribution in [0.1, 0.15) is 45.6 Å². The number of benzene rings is 1. The van der Waals surface area contributed by atoms with Crippen molar-refractivity contribution < 1.29 is 18.7 Å². The van der Waals surface area contributed by atoms with Crippen LogP contribution in [0.25, 0.3) is 0 Å². The van der Waals surface area contributed by atoms with E-state index in [9.17, 15) is 14.0 Å². The maximum atomic E-state index is 12.9. The van der Waals surface area contributed by atoms with Crippen molar-refractivity contribution in [2.24, 2.45) is 11.8 Å². The maximum absolute atomic E-state index is 12.9. The highest BCUT2D eigenvalue weighted by Gasteiger charge is 2.30. The van der Waals surface area contributed by atoms with Crippen molar-refractivity contribution >= 4 is 11.9 Å². The van der Waals surface area contributed by atoms with E-state index in [2.05, 4.69) is 19.2 Å². The van der Waals surface area contributed by atoms with Gasteiger partial charge in [-0.25, -0.2) is 4.39 Å². The quantitative estimate of drug-likeness (QED) is 0.841. The first kappa shape index (κ1) is 18.4. The summed E-state index contributed by atoms with van der Waals surface area (Å²) in [5, 5.41) is 3.01. The highest BCUT2D eigenvalue weighted by Crippen LogP contribution is 2.29. The van der Waals surface area contributed by atoms with Crippen molar-refractivity contribution in [3.63, 3.8) is 0 Å². The SMILES string of the molecule is C[C@H]1[C@@H](NC(=O)[C@@H](C)OC(=O)Cc2ccc(F)cc2)CCC[C@@H]1C. The van der Waals surface area contributed by atoms with Crippen LogP contribution in [0.4, 0.5) is 4.39 Å². The van der Waals surface area contributed by atoms with Crippen LogP contribution in [0, 0.1) is 17.7 Å². The maximum Gasteiger partial charge on any atom is 0.311 e. The average molecular weight is 335 g/mol. The number of hydrogen-bond acceptors (Lipinski definition) is 3. The van der Waals surface area contributed by atoms with E-state index in [0.29, 0.717) is 17.4 Å². The molecule has 0 heterocycles. The number of carbonyl (C=O) groups excluding carboxylic acids is 2. The zero-order valence-corrected chi connectivity index (χ0v) is 14.5. The van der Waals surface area contributed by atoms with Crippen LogP contribution in [0.3, 0.4) is 0 Å². The standard InChI is InChI=1S/C19H26FNO3/c1-12-5-4-6-17(13(12)2)21-19(23)14(3)24-18(22)11-15-7-9-16(20)10-8-15/h7-10,12-14,17H,4-6,11H2,1-3H3,(H,21,23)/t12-,13+,14+,17-/m0/s1. The molecule has 1 aliphatic carbocycles. The molecule has 0 radical (unpaired) electrons. The summed E-state index contributed by atoms with van der Waals surface area (Å²) in [7, 11) is 0. The van der Waals surface area contributed by atoms with Gasteiger partial charge in [0.05, 0.1) is 6.42 Å². The van der Waals surface area contributed by atoms with Gasteiger partial charge < -0.3 is 10.1 Å². The Labute approximate surface area is 142 Å². The molecular weight excluding hydrogens is 309 g/mol. The number of hydrogen-bond donors (Lipinski definition) is 1. The molecule has 1 aromatic carbocycles. The van der Waals surface area contributed by atoms with Crippen molar-refractivity contribution in [1.82, 2.24) is 5.32 Å². The normalized spacial score (nSPS) is 24.9. The van der Waals surface area contributed by atoms with Crippen molar-refractivity contribution in [1.29, 1.82) is 0 Å². The number of ether oxygens (including phenoxy) is 1. The number of halogens is 1. The van der Waals surface area contributed by atoms with E-state index in [0.717, 1.165) is 12.8 Å². The van der Waals surface area contributed by atoms with Gasteiger partial charge in [0.1, 0.15) is 5.82 Å². The Hall–Kier alpha value is -1.91. The summed E-state index contributed by atoms with van der Waals surface area (Å²) in [4.78, 5) is 24.2. The van der Waals surface area contributed by atoms with Gasteiger partial charge in [-0.05, 0) is 42.9 Å². The monoisotopic (exact) mass is 335 g/mol. The van der Waals surface area contributed by atoms with E-state index < -0.39 is 12.1 Å². The average Bonchev–Trinajstić information content (AvgIpc) is 2.54. The molecule has 1 aliphatic rings. The molecule has 0 unspecified atom stereocenters. The number of rotatable bonds is 5. The van der Waals surface area contributed by atoms with E-state index in [1.807, 2.05) is 0 Å². The van der Waals surface area contributed by atoms with Crippen molar-refractivity contribution in [2.75, 3.05) is 0 Å². The van der Waals surface area contributed by atoms with Gasteiger partial charge in [-0.3, -0.25) is 9.59 Å². The second-order valence-corrected chi connectivity index (χ2v) is 6.82. The Morgan fingerprint density at radius 3 is 2.58 bits per heavy atom. The van der Waals surface area contributed by atoms with E-state index in [1.165, 1.54) is 30.7 Å². The van der Waals surface area contributed by atoms with Crippen LogP contribution >= 0.6 is 0 Å². The summed E-state index contributed by atoms with van der Waals surface area (Å²) in [6.45, 7) is 5.93. The van der Waals surface area contributed by atoms with Crippen molar-refractivity contribution in [3.8, 4) is 0 Å². The summed E-state index contributed by atoms with van der Waals surface area (Å²) >= 11 is 0. The zero-order chi connectivity index (χ0) is 17.7. The number of amides is 1. The van der Waals surface area contributed by atoms with Crippen LogP contribution in [-0.2, 0) is 20.7 Å². The first-order chi connectivity index (χ1) is 11.4. The second-order valence-electron chi connectivity index (χ2n) is 6.82. The molecule has 1 amide bonds. The largest absolute Gasteiger partial charge is 0.452 e. The Balaban J connectivity index is 1.82. The fourth-order valence-electron chi connectivity index (χ4n) is 3.15. The van der Waals surface area contributed by atoms with E-state index in [1.54, 1.807) is 6.92 Å². The van der Waals surface area contributed by atoms with Gasteiger partial charge in [0.25, 0.3) is 5.91 Å². The molecule has 0 bridgehead atoms. The summed E-state index contributed by atoms with van der Waals surface area (Å²) in [6.07, 6.45) is 2.45. The van der Waals surface area contributed by atoms with Gasteiger partial charge in [-0.2, -0.15) is 0 Å². The van der Waals surface area contributed by atoms with Gasteiger partial charge in [0, 0.05) is 6.04 Å². The Kier molecular flexibility index (Phi) is 6.35. The minimum absolute atomic E-state index is 0.0226. The molecule has 4 nitrogen and oxygen atoms in total. The number of esters is 1. The molecular formula is C19H26FNO3. The minimum Gasteiger partial charge on any atom is -0.452 e. The molecule has 24 heavy (non-hydrogen) atoms. The predicted molar refractivity (Wildman–Crippen MR) is 89.8 cm³/mol. The topological polar surface area (TPSA) is 55.4 Å². The summed E-state index contributed by atoms with van der Waals surface area (Å²) < 4.78 is 18.1. The lowest BCUT2D eigenvalue weighted by Crippen LogP contribution is -2.47. The molecule has 0 aliphatic heterocycles. The van der Waals surface area contributed by atoms with Gasteiger partial charge in [-0.1, -0.05) is 38.8 Å². The molecule has 1 saturated carbocycles. The van der Waals surface area contributed by atoms with Crippen LogP contribution in [0.15, 0.2) is 24.3 Å². The second kappa shape index (κ2) is 8.27. The summed E-state index contributed by atoms with van der Waals surface area (Å²) in [6, 6.07) is 5.80. The summed E-state index contributed by atoms with van der Waals surface area (Å²) in [5.41, 5.74) is 0.656. The molecule has 1 aromatic rings. The molecule has 5 heteroatoms. The lowest BCUT2D eigenvalue weighted by molar-refractivity contribution is -0.154. The van der Waals surface area contributed by atoms with Crippen LogP contribution in [-0.4, -0.2) is 24.0 Å². The molecule has 2 rings (SSSR count). The highest BCUT2D eigenvalue weighted by molar-refractivity contribution is 5.84. The van der Waals surface area contributed by atoms with Crippen LogP contribution in [0.5, 0.6) is 0 Å². The minimum atomic E-state index is -0.831. The predicted octanol–water partition coefficient (Wildman–Crippen LogP) is 3.24. The van der Waals surface area contributed by atoms with E-state index in [4.69, 9.17) is 4.74 Å². The highest BCUT2D eigenvalue weighted by atomic mass is 19.1. The molecule has 4 atom stereocenters. The lowest BCUT2D eigenvalue weighted by Gasteiger charge is -2.35. The van der Waals surface area contributed by atoms with Gasteiger partial charge in [0.15, 0.2) is 6.10 Å². The van der Waals surface area contributed by atoms with Crippen LogP contribution < -0.4 is 5.32 Å². The van der Waals surface area contributed by atoms with E-state index >= 15 is 0 Å². The Bertz CT molecular complexity index is 572. The third-order valence-corrected chi connectivity index (χ3v) is 4.97. The molecule has 0 saturated heterocycles. The first-order valence-electron chi connectivity index (χ1n) is 8.61. The third kappa shape index (κ3) is 5.05. The molecule has 1 N–H and O–H groups in total. The van der Waals surface area contributed by atoms with Gasteiger partial charge in [-0.15, -0.1) is 0 Å². The number of carbonyl (C=O) groups is 2. The van der Waals surface area contributed by atoms with Crippen molar-refractivity contribution in [3.05, 3.63) is 35.6 Å². The van der Waals surface area contributed by atoms with E-state index in [-0.39, 0.29) is 24.2 Å². The Morgan fingerprint density at radius 1 is 1.25 bits per heavy atom. The van der Waals surface area contributed by atoms with Gasteiger partial charge in [0.2, 0.25) is 0 Å². The van der Waals surface area contributed by atoms with Crippen molar-refractivity contribution in [2.45, 2.75) is 58.6 Å². The van der Waals surface area contributed by atoms with Gasteiger partial charge >= 0.3 is 5.97 Å². The molecule has 0 spiro atoms. The zero-order valence-electron chi connectivity index (χ0n) is 14.5. The molecule has 1 fully saturated rings. The molecule has 132 valence electrons. The van der Waals surface area contributed by atoms with Crippen LogP contribution in [0.2, 0.25) is 0 Å². The lowest BCUT2D eigenvalue weighted by atomic mass is 9.78. The number of nitrogens with one attached hydrogen (secondary N) is 1. The fraction of sp³-hybridized carbons (Fsp3) is 0.579. The molecule has 0 aromatic heterocycles. The smallest absolute Gasteiger partial charge is 0.311 e. The fourth-order valence-corrected chi connectivity index (χ4v) is 3.15.